The number of benzene rings is 1. The SMILES string of the molecule is CC(Nc1ncnc2nc[nH]c12)c1cc2cccc(Cl)c2c(OCC(=O)N2CCOCC2)n1. The number of H-pyrrole nitrogens is 1. The van der Waals surface area contributed by atoms with Gasteiger partial charge in [0.2, 0.25) is 5.88 Å². The topological polar surface area (TPSA) is 118 Å². The van der Waals surface area contributed by atoms with E-state index in [0.29, 0.717) is 65.3 Å². The summed E-state index contributed by atoms with van der Waals surface area (Å²) < 4.78 is 11.2. The first-order valence-corrected chi connectivity index (χ1v) is 11.0. The van der Waals surface area contributed by atoms with Gasteiger partial charge in [-0.05, 0) is 24.4 Å². The summed E-state index contributed by atoms with van der Waals surface area (Å²) in [4.78, 5) is 34.7. The van der Waals surface area contributed by atoms with Gasteiger partial charge < -0.3 is 24.7 Å². The summed E-state index contributed by atoms with van der Waals surface area (Å²) in [6.07, 6.45) is 3.03. The summed E-state index contributed by atoms with van der Waals surface area (Å²) in [6.45, 7) is 4.01. The zero-order valence-corrected chi connectivity index (χ0v) is 18.7. The minimum atomic E-state index is -0.230. The van der Waals surface area contributed by atoms with E-state index in [0.717, 1.165) is 5.39 Å². The van der Waals surface area contributed by atoms with E-state index in [4.69, 9.17) is 26.1 Å². The number of hydrogen-bond acceptors (Lipinski definition) is 8. The van der Waals surface area contributed by atoms with Crippen molar-refractivity contribution in [2.75, 3.05) is 38.2 Å². The van der Waals surface area contributed by atoms with E-state index in [1.807, 2.05) is 25.1 Å². The fourth-order valence-corrected chi connectivity index (χ4v) is 4.03. The van der Waals surface area contributed by atoms with E-state index in [2.05, 4.69) is 25.3 Å². The quantitative estimate of drug-likeness (QED) is 0.444. The van der Waals surface area contributed by atoms with Gasteiger partial charge in [0.15, 0.2) is 18.1 Å². The first-order chi connectivity index (χ1) is 16.1. The minimum absolute atomic E-state index is 0.112. The smallest absolute Gasteiger partial charge is 0.260 e. The Balaban J connectivity index is 1.43. The predicted octanol–water partition coefficient (Wildman–Crippen LogP) is 2.97. The number of imidazole rings is 1. The number of morpholine rings is 1. The Bertz CT molecular complexity index is 1310. The number of fused-ring (bicyclic) bond motifs is 2. The molecule has 11 heteroatoms. The van der Waals surface area contributed by atoms with Crippen LogP contribution in [0.4, 0.5) is 5.82 Å². The number of rotatable bonds is 6. The molecule has 3 aromatic heterocycles. The second kappa shape index (κ2) is 9.16. The van der Waals surface area contributed by atoms with Crippen molar-refractivity contribution in [3.05, 3.63) is 47.6 Å². The van der Waals surface area contributed by atoms with Gasteiger partial charge in [0, 0.05) is 13.1 Å². The molecular weight excluding hydrogens is 446 g/mol. The van der Waals surface area contributed by atoms with Crippen LogP contribution in [0.25, 0.3) is 21.9 Å². The largest absolute Gasteiger partial charge is 0.467 e. The van der Waals surface area contributed by atoms with Crippen molar-refractivity contribution >= 4 is 45.3 Å². The maximum absolute atomic E-state index is 12.6. The van der Waals surface area contributed by atoms with Gasteiger partial charge in [0.25, 0.3) is 5.91 Å². The molecule has 1 amide bonds. The van der Waals surface area contributed by atoms with Gasteiger partial charge in [-0.25, -0.2) is 19.9 Å². The van der Waals surface area contributed by atoms with Crippen LogP contribution in [-0.2, 0) is 9.53 Å². The van der Waals surface area contributed by atoms with E-state index >= 15 is 0 Å². The first-order valence-electron chi connectivity index (χ1n) is 10.6. The van der Waals surface area contributed by atoms with Crippen LogP contribution in [0.3, 0.4) is 0 Å². The Morgan fingerprint density at radius 3 is 3.00 bits per heavy atom. The molecule has 170 valence electrons. The molecule has 0 aliphatic carbocycles. The second-order valence-electron chi connectivity index (χ2n) is 7.66. The number of amides is 1. The lowest BCUT2D eigenvalue weighted by Crippen LogP contribution is -2.43. The molecule has 10 nitrogen and oxygen atoms in total. The third kappa shape index (κ3) is 4.39. The summed E-state index contributed by atoms with van der Waals surface area (Å²) in [5.41, 5.74) is 1.99. The van der Waals surface area contributed by atoms with Gasteiger partial charge in [-0.3, -0.25) is 4.79 Å². The van der Waals surface area contributed by atoms with Crippen molar-refractivity contribution < 1.29 is 14.3 Å². The van der Waals surface area contributed by atoms with Gasteiger partial charge in [-0.15, -0.1) is 0 Å². The fourth-order valence-electron chi connectivity index (χ4n) is 3.77. The van der Waals surface area contributed by atoms with Crippen molar-refractivity contribution in [3.63, 3.8) is 0 Å². The molecular formula is C22H22ClN7O3. The number of nitrogens with one attached hydrogen (secondary N) is 2. The van der Waals surface area contributed by atoms with Crippen molar-refractivity contribution in [2.24, 2.45) is 0 Å². The van der Waals surface area contributed by atoms with Crippen LogP contribution in [0, 0.1) is 0 Å². The van der Waals surface area contributed by atoms with Crippen molar-refractivity contribution in [1.29, 1.82) is 0 Å². The lowest BCUT2D eigenvalue weighted by molar-refractivity contribution is -0.137. The molecule has 4 heterocycles. The van der Waals surface area contributed by atoms with Crippen molar-refractivity contribution in [2.45, 2.75) is 13.0 Å². The van der Waals surface area contributed by atoms with Gasteiger partial charge in [0.1, 0.15) is 11.8 Å². The van der Waals surface area contributed by atoms with E-state index in [9.17, 15) is 4.79 Å². The highest BCUT2D eigenvalue weighted by atomic mass is 35.5. The Kier molecular flexibility index (Phi) is 5.93. The Hall–Kier alpha value is -3.50. The standard InChI is InChI=1S/C22H22ClN7O3/c1-13(28-21-19-20(25-11-24-19)26-12-27-21)16-9-14-3-2-4-15(23)18(14)22(29-16)33-10-17(31)30-5-7-32-8-6-30/h2-4,9,11-13H,5-8,10H2,1H3,(H2,24,25,26,27,28). The van der Waals surface area contributed by atoms with Gasteiger partial charge >= 0.3 is 0 Å². The number of carbonyl (C=O) groups excluding carboxylic acids is 1. The molecule has 33 heavy (non-hydrogen) atoms. The lowest BCUT2D eigenvalue weighted by atomic mass is 10.1. The Morgan fingerprint density at radius 2 is 2.15 bits per heavy atom. The van der Waals surface area contributed by atoms with Crippen molar-refractivity contribution in [3.8, 4) is 5.88 Å². The van der Waals surface area contributed by atoms with Crippen LogP contribution in [0.2, 0.25) is 5.02 Å². The van der Waals surface area contributed by atoms with Crippen LogP contribution >= 0.6 is 11.6 Å². The highest BCUT2D eigenvalue weighted by molar-refractivity contribution is 6.36. The average molecular weight is 468 g/mol. The minimum Gasteiger partial charge on any atom is -0.467 e. The predicted molar refractivity (Wildman–Crippen MR) is 123 cm³/mol. The number of ether oxygens (including phenoxy) is 2. The first kappa shape index (κ1) is 21.4. The average Bonchev–Trinajstić information content (AvgIpc) is 3.33. The van der Waals surface area contributed by atoms with E-state index < -0.39 is 0 Å². The fraction of sp³-hybridized carbons (Fsp3) is 0.318. The molecule has 0 radical (unpaired) electrons. The van der Waals surface area contributed by atoms with Crippen LogP contribution in [0.15, 0.2) is 36.9 Å². The number of aromatic amines is 1. The van der Waals surface area contributed by atoms with Gasteiger partial charge in [-0.2, -0.15) is 0 Å². The lowest BCUT2D eigenvalue weighted by Gasteiger charge is -2.26. The van der Waals surface area contributed by atoms with Gasteiger partial charge in [0.05, 0.1) is 41.7 Å². The molecule has 0 bridgehead atoms. The normalized spacial score (nSPS) is 15.0. The monoisotopic (exact) mass is 467 g/mol. The van der Waals surface area contributed by atoms with Crippen LogP contribution in [0.1, 0.15) is 18.7 Å². The summed E-state index contributed by atoms with van der Waals surface area (Å²) in [5, 5.41) is 5.39. The Labute approximate surface area is 194 Å². The van der Waals surface area contributed by atoms with Crippen molar-refractivity contribution in [1.82, 2.24) is 29.8 Å². The highest BCUT2D eigenvalue weighted by Gasteiger charge is 2.20. The Morgan fingerprint density at radius 1 is 1.30 bits per heavy atom. The third-order valence-corrected chi connectivity index (χ3v) is 5.82. The molecule has 5 rings (SSSR count). The molecule has 1 fully saturated rings. The van der Waals surface area contributed by atoms with Crippen LogP contribution in [-0.4, -0.2) is 68.6 Å². The maximum Gasteiger partial charge on any atom is 0.260 e. The molecule has 1 atom stereocenters. The maximum atomic E-state index is 12.6. The molecule has 1 unspecified atom stereocenters. The number of hydrogen-bond donors (Lipinski definition) is 2. The molecule has 1 saturated heterocycles. The third-order valence-electron chi connectivity index (χ3n) is 5.51. The summed E-state index contributed by atoms with van der Waals surface area (Å²) in [6, 6.07) is 7.30. The zero-order chi connectivity index (χ0) is 22.8. The summed E-state index contributed by atoms with van der Waals surface area (Å²) in [7, 11) is 0. The number of aromatic nitrogens is 5. The zero-order valence-electron chi connectivity index (χ0n) is 17.9. The molecule has 0 spiro atoms. The summed E-state index contributed by atoms with van der Waals surface area (Å²) in [5.74, 6) is 0.820. The highest BCUT2D eigenvalue weighted by Crippen LogP contribution is 2.33. The molecule has 4 aromatic rings. The molecule has 1 aliphatic rings. The number of halogens is 1. The second-order valence-corrected chi connectivity index (χ2v) is 8.07. The van der Waals surface area contributed by atoms with Gasteiger partial charge in [-0.1, -0.05) is 23.7 Å². The summed E-state index contributed by atoms with van der Waals surface area (Å²) >= 11 is 6.47. The molecule has 0 saturated carbocycles. The molecule has 2 N–H and O–H groups in total. The number of pyridine rings is 1. The molecule has 1 aromatic carbocycles. The molecule has 1 aliphatic heterocycles. The van der Waals surface area contributed by atoms with E-state index in [1.54, 1.807) is 17.3 Å². The number of anilines is 1. The number of carbonyl (C=O) groups is 1. The van der Waals surface area contributed by atoms with Crippen LogP contribution in [0.5, 0.6) is 5.88 Å². The van der Waals surface area contributed by atoms with E-state index in [1.165, 1.54) is 6.33 Å². The van der Waals surface area contributed by atoms with E-state index in [-0.39, 0.29) is 18.6 Å². The number of nitrogens with zero attached hydrogens (tertiary/aromatic N) is 5. The van der Waals surface area contributed by atoms with Crippen LogP contribution < -0.4 is 10.1 Å².